The number of anilines is 1. The molecule has 0 aliphatic rings. The molecule has 3 aromatic carbocycles. The third kappa shape index (κ3) is 6.23. The van der Waals surface area contributed by atoms with Crippen molar-refractivity contribution in [3.05, 3.63) is 88.9 Å². The van der Waals surface area contributed by atoms with Crippen molar-refractivity contribution in [2.45, 2.75) is 6.61 Å². The molecule has 7 heteroatoms. The van der Waals surface area contributed by atoms with Gasteiger partial charge in [-0.1, -0.05) is 41.9 Å². The lowest BCUT2D eigenvalue weighted by molar-refractivity contribution is -0.116. The monoisotopic (exact) mass is 438 g/mol. The summed E-state index contributed by atoms with van der Waals surface area (Å²) in [6.45, 7) is 0.283. The molecule has 1 N–H and O–H groups in total. The van der Waals surface area contributed by atoms with E-state index in [-0.39, 0.29) is 18.4 Å². The topological polar surface area (TPSA) is 67.9 Å². The lowest BCUT2D eigenvalue weighted by Gasteiger charge is -2.18. The van der Waals surface area contributed by atoms with Gasteiger partial charge in [0.2, 0.25) is 5.91 Å². The Morgan fingerprint density at radius 3 is 2.39 bits per heavy atom. The summed E-state index contributed by atoms with van der Waals surface area (Å²) in [6.07, 6.45) is 0. The quantitative estimate of drug-likeness (QED) is 0.556. The average Bonchev–Trinajstić information content (AvgIpc) is 2.78. The van der Waals surface area contributed by atoms with Crippen LogP contribution in [0.2, 0.25) is 5.02 Å². The Bertz CT molecular complexity index is 1040. The van der Waals surface area contributed by atoms with E-state index in [0.717, 1.165) is 11.3 Å². The van der Waals surface area contributed by atoms with Gasteiger partial charge < -0.3 is 19.7 Å². The van der Waals surface area contributed by atoms with Crippen LogP contribution in [-0.2, 0) is 11.4 Å². The van der Waals surface area contributed by atoms with Crippen LogP contribution >= 0.6 is 11.6 Å². The van der Waals surface area contributed by atoms with Gasteiger partial charge in [-0.25, -0.2) is 0 Å². The molecular weight excluding hydrogens is 416 g/mol. The molecule has 0 atom stereocenters. The van der Waals surface area contributed by atoms with Gasteiger partial charge in [0, 0.05) is 17.6 Å². The summed E-state index contributed by atoms with van der Waals surface area (Å²) >= 11 is 5.98. The Morgan fingerprint density at radius 1 is 1.00 bits per heavy atom. The smallest absolute Gasteiger partial charge is 0.254 e. The highest BCUT2D eigenvalue weighted by molar-refractivity contribution is 6.31. The number of nitrogens with one attached hydrogen (secondary N) is 1. The molecule has 3 aromatic rings. The number of methoxy groups -OCH3 is 1. The van der Waals surface area contributed by atoms with E-state index in [0.29, 0.717) is 28.6 Å². The van der Waals surface area contributed by atoms with Gasteiger partial charge in [-0.2, -0.15) is 0 Å². The number of benzene rings is 3. The third-order valence-corrected chi connectivity index (χ3v) is 4.75. The molecule has 160 valence electrons. The van der Waals surface area contributed by atoms with Crippen molar-refractivity contribution in [3.63, 3.8) is 0 Å². The molecule has 0 bridgehead atoms. The van der Waals surface area contributed by atoms with Crippen LogP contribution in [0.4, 0.5) is 5.69 Å². The first-order chi connectivity index (χ1) is 15.0. The maximum absolute atomic E-state index is 12.7. The molecular formula is C24H23ClN2O4. The molecule has 6 nitrogen and oxygen atoms in total. The summed E-state index contributed by atoms with van der Waals surface area (Å²) in [4.78, 5) is 26.4. The maximum atomic E-state index is 12.7. The van der Waals surface area contributed by atoms with Gasteiger partial charge in [-0.05, 0) is 48.0 Å². The second-order valence-electron chi connectivity index (χ2n) is 6.85. The van der Waals surface area contributed by atoms with E-state index in [2.05, 4.69) is 5.32 Å². The van der Waals surface area contributed by atoms with Crippen LogP contribution in [0.3, 0.4) is 0 Å². The van der Waals surface area contributed by atoms with Gasteiger partial charge in [-0.15, -0.1) is 0 Å². The van der Waals surface area contributed by atoms with Crippen molar-refractivity contribution in [3.8, 4) is 11.5 Å². The normalized spacial score (nSPS) is 10.3. The number of hydrogen-bond donors (Lipinski definition) is 1. The Kier molecular flexibility index (Phi) is 7.51. The summed E-state index contributed by atoms with van der Waals surface area (Å²) < 4.78 is 10.9. The number of likely N-dealkylation sites (N-methyl/N-ethyl adjacent to an activating group) is 1. The summed E-state index contributed by atoms with van der Waals surface area (Å²) in [6, 6.07) is 21.6. The van der Waals surface area contributed by atoms with Gasteiger partial charge in [0.25, 0.3) is 5.91 Å². The maximum Gasteiger partial charge on any atom is 0.254 e. The molecule has 0 saturated heterocycles. The first-order valence-corrected chi connectivity index (χ1v) is 9.99. The second kappa shape index (κ2) is 10.5. The van der Waals surface area contributed by atoms with E-state index in [1.54, 1.807) is 37.4 Å². The van der Waals surface area contributed by atoms with Gasteiger partial charge in [-0.3, -0.25) is 9.59 Å². The summed E-state index contributed by atoms with van der Waals surface area (Å²) in [5, 5.41) is 3.19. The number of hydrogen-bond acceptors (Lipinski definition) is 4. The van der Waals surface area contributed by atoms with Crippen LogP contribution in [0.1, 0.15) is 15.9 Å². The summed E-state index contributed by atoms with van der Waals surface area (Å²) in [5.74, 6) is 0.651. The molecule has 0 aliphatic carbocycles. The lowest BCUT2D eigenvalue weighted by atomic mass is 10.1. The molecule has 0 radical (unpaired) electrons. The zero-order valence-electron chi connectivity index (χ0n) is 17.3. The van der Waals surface area contributed by atoms with Gasteiger partial charge in [0.05, 0.1) is 19.3 Å². The van der Waals surface area contributed by atoms with Crippen LogP contribution in [0.15, 0.2) is 72.8 Å². The van der Waals surface area contributed by atoms with E-state index in [9.17, 15) is 9.59 Å². The molecule has 0 fully saturated rings. The van der Waals surface area contributed by atoms with Crippen LogP contribution in [-0.4, -0.2) is 37.4 Å². The van der Waals surface area contributed by atoms with Crippen molar-refractivity contribution in [1.82, 2.24) is 4.90 Å². The number of ether oxygens (including phenoxy) is 2. The highest BCUT2D eigenvalue weighted by Gasteiger charge is 2.16. The van der Waals surface area contributed by atoms with E-state index in [4.69, 9.17) is 21.1 Å². The predicted molar refractivity (Wildman–Crippen MR) is 121 cm³/mol. The second-order valence-corrected chi connectivity index (χ2v) is 7.29. The first kappa shape index (κ1) is 22.2. The molecule has 0 aromatic heterocycles. The van der Waals surface area contributed by atoms with Crippen LogP contribution in [0, 0.1) is 0 Å². The minimum atomic E-state index is -0.357. The van der Waals surface area contributed by atoms with Crippen LogP contribution < -0.4 is 14.8 Å². The minimum Gasteiger partial charge on any atom is -0.495 e. The standard InChI is InChI=1S/C24H23ClN2O4/c1-27(15-23(28)26-21-14-19(25)12-13-22(21)30-2)24(29)18-10-8-17(9-11-18)16-31-20-6-4-3-5-7-20/h3-14H,15-16H2,1-2H3,(H,26,28). The highest BCUT2D eigenvalue weighted by Crippen LogP contribution is 2.27. The SMILES string of the molecule is COc1ccc(Cl)cc1NC(=O)CN(C)C(=O)c1ccc(COc2ccccc2)cc1. The number of carbonyl (C=O) groups is 2. The average molecular weight is 439 g/mol. The lowest BCUT2D eigenvalue weighted by Crippen LogP contribution is -2.35. The van der Waals surface area contributed by atoms with Gasteiger partial charge in [0.1, 0.15) is 18.1 Å². The third-order valence-electron chi connectivity index (χ3n) is 4.51. The summed E-state index contributed by atoms with van der Waals surface area (Å²) in [5.41, 5.74) is 1.87. The molecule has 2 amide bonds. The Balaban J connectivity index is 1.55. The van der Waals surface area contributed by atoms with E-state index in [1.165, 1.54) is 12.0 Å². The molecule has 3 rings (SSSR count). The fourth-order valence-electron chi connectivity index (χ4n) is 2.90. The number of para-hydroxylation sites is 1. The molecule has 31 heavy (non-hydrogen) atoms. The van der Waals surface area contributed by atoms with Crippen molar-refractivity contribution < 1.29 is 19.1 Å². The van der Waals surface area contributed by atoms with E-state index >= 15 is 0 Å². The number of nitrogens with zero attached hydrogens (tertiary/aromatic N) is 1. The largest absolute Gasteiger partial charge is 0.495 e. The fraction of sp³-hybridized carbons (Fsp3) is 0.167. The Hall–Kier alpha value is -3.51. The van der Waals surface area contributed by atoms with Crippen LogP contribution in [0.5, 0.6) is 11.5 Å². The van der Waals surface area contributed by atoms with Crippen molar-refractivity contribution in [2.24, 2.45) is 0 Å². The van der Waals surface area contributed by atoms with Crippen molar-refractivity contribution in [1.29, 1.82) is 0 Å². The number of carbonyl (C=O) groups excluding carboxylic acids is 2. The number of rotatable bonds is 8. The molecule has 0 spiro atoms. The summed E-state index contributed by atoms with van der Waals surface area (Å²) in [7, 11) is 3.08. The molecule has 0 saturated carbocycles. The predicted octanol–water partition coefficient (Wildman–Crippen LogP) is 4.64. The van der Waals surface area contributed by atoms with Gasteiger partial charge >= 0.3 is 0 Å². The fourth-order valence-corrected chi connectivity index (χ4v) is 3.07. The zero-order valence-corrected chi connectivity index (χ0v) is 18.1. The Labute approximate surface area is 186 Å². The van der Waals surface area contributed by atoms with Crippen molar-refractivity contribution in [2.75, 3.05) is 26.0 Å². The first-order valence-electron chi connectivity index (χ1n) is 9.62. The van der Waals surface area contributed by atoms with E-state index in [1.807, 2.05) is 42.5 Å². The number of halogens is 1. The highest BCUT2D eigenvalue weighted by atomic mass is 35.5. The molecule has 0 unspecified atom stereocenters. The zero-order chi connectivity index (χ0) is 22.2. The minimum absolute atomic E-state index is 0.118. The number of amides is 2. The molecule has 0 heterocycles. The van der Waals surface area contributed by atoms with Gasteiger partial charge in [0.15, 0.2) is 0 Å². The molecule has 0 aliphatic heterocycles. The van der Waals surface area contributed by atoms with Crippen LogP contribution in [0.25, 0.3) is 0 Å². The van der Waals surface area contributed by atoms with Crippen molar-refractivity contribution >= 4 is 29.1 Å². The van der Waals surface area contributed by atoms with E-state index < -0.39 is 0 Å². The Morgan fingerprint density at radius 2 is 1.71 bits per heavy atom.